The van der Waals surface area contributed by atoms with Crippen molar-refractivity contribution in [3.05, 3.63) is 11.8 Å². The fourth-order valence-electron chi connectivity index (χ4n) is 4.38. The summed E-state index contributed by atoms with van der Waals surface area (Å²) in [5, 5.41) is 0. The molecule has 0 spiro atoms. The number of amides is 1. The number of piperazine rings is 1. The molecule has 0 N–H and O–H groups in total. The molecule has 1 aliphatic carbocycles. The van der Waals surface area contributed by atoms with Gasteiger partial charge in [0, 0.05) is 57.4 Å². The number of aryl methyl sites for hydroxylation is 1. The van der Waals surface area contributed by atoms with E-state index >= 15 is 0 Å². The molecule has 0 radical (unpaired) electrons. The molecule has 1 aromatic heterocycles. The Morgan fingerprint density at radius 2 is 1.74 bits per heavy atom. The zero-order valence-corrected chi connectivity index (χ0v) is 16.4. The van der Waals surface area contributed by atoms with Gasteiger partial charge in [-0.05, 0) is 25.7 Å². The minimum Gasteiger partial charge on any atom is -0.378 e. The standard InChI is InChI=1S/C20H31N5O2/c1-16-14-18(22-20(21-16)25-10-12-27-13-11-25)23-6-8-24(9-7-23)19(26)15-17-4-2-3-5-17/h14,17H,2-13,15H2,1H3. The van der Waals surface area contributed by atoms with Gasteiger partial charge < -0.3 is 19.4 Å². The van der Waals surface area contributed by atoms with Crippen LogP contribution in [0.25, 0.3) is 0 Å². The molecule has 0 atom stereocenters. The molecule has 3 aliphatic rings. The van der Waals surface area contributed by atoms with E-state index < -0.39 is 0 Å². The summed E-state index contributed by atoms with van der Waals surface area (Å²) >= 11 is 0. The summed E-state index contributed by atoms with van der Waals surface area (Å²) in [6.07, 6.45) is 5.80. The third-order valence-corrected chi connectivity index (χ3v) is 6.02. The molecule has 0 unspecified atom stereocenters. The summed E-state index contributed by atoms with van der Waals surface area (Å²) in [7, 11) is 0. The van der Waals surface area contributed by atoms with Crippen molar-refractivity contribution in [2.24, 2.45) is 5.92 Å². The van der Waals surface area contributed by atoms with Crippen molar-refractivity contribution in [3.8, 4) is 0 Å². The molecule has 2 saturated heterocycles. The second-order valence-corrected chi connectivity index (χ2v) is 7.99. The molecule has 2 aliphatic heterocycles. The molecule has 27 heavy (non-hydrogen) atoms. The van der Waals surface area contributed by atoms with Gasteiger partial charge in [-0.2, -0.15) is 4.98 Å². The van der Waals surface area contributed by atoms with Crippen molar-refractivity contribution in [2.75, 3.05) is 62.3 Å². The van der Waals surface area contributed by atoms with Crippen LogP contribution in [0.1, 0.15) is 37.8 Å². The Morgan fingerprint density at radius 3 is 2.44 bits per heavy atom. The fourth-order valence-corrected chi connectivity index (χ4v) is 4.38. The van der Waals surface area contributed by atoms with Crippen LogP contribution in [0.5, 0.6) is 0 Å². The van der Waals surface area contributed by atoms with Crippen LogP contribution in [0.15, 0.2) is 6.07 Å². The van der Waals surface area contributed by atoms with Crippen LogP contribution in [0.4, 0.5) is 11.8 Å². The van der Waals surface area contributed by atoms with E-state index in [9.17, 15) is 4.79 Å². The molecule has 1 saturated carbocycles. The first-order valence-electron chi connectivity index (χ1n) is 10.4. The second kappa shape index (κ2) is 8.42. The smallest absolute Gasteiger partial charge is 0.227 e. The van der Waals surface area contributed by atoms with Gasteiger partial charge in [0.1, 0.15) is 5.82 Å². The maximum atomic E-state index is 12.6. The average Bonchev–Trinajstić information content (AvgIpc) is 3.21. The highest BCUT2D eigenvalue weighted by atomic mass is 16.5. The quantitative estimate of drug-likeness (QED) is 0.803. The summed E-state index contributed by atoms with van der Waals surface area (Å²) in [6.45, 7) is 8.44. The molecule has 148 valence electrons. The lowest BCUT2D eigenvalue weighted by atomic mass is 10.0. The number of carbonyl (C=O) groups is 1. The minimum absolute atomic E-state index is 0.342. The van der Waals surface area contributed by atoms with Crippen molar-refractivity contribution in [2.45, 2.75) is 39.0 Å². The summed E-state index contributed by atoms with van der Waals surface area (Å²) in [5.74, 6) is 2.74. The molecule has 7 heteroatoms. The fraction of sp³-hybridized carbons (Fsp3) is 0.750. The van der Waals surface area contributed by atoms with E-state index in [0.29, 0.717) is 11.8 Å². The van der Waals surface area contributed by atoms with Gasteiger partial charge in [0.2, 0.25) is 11.9 Å². The first-order valence-corrected chi connectivity index (χ1v) is 10.4. The van der Waals surface area contributed by atoms with E-state index in [-0.39, 0.29) is 0 Å². The number of ether oxygens (including phenoxy) is 1. The Hall–Kier alpha value is -1.89. The van der Waals surface area contributed by atoms with Crippen molar-refractivity contribution in [3.63, 3.8) is 0 Å². The van der Waals surface area contributed by atoms with E-state index in [4.69, 9.17) is 9.72 Å². The van der Waals surface area contributed by atoms with Gasteiger partial charge in [-0.15, -0.1) is 0 Å². The van der Waals surface area contributed by atoms with E-state index in [1.165, 1.54) is 25.7 Å². The van der Waals surface area contributed by atoms with Gasteiger partial charge in [0.05, 0.1) is 13.2 Å². The summed E-state index contributed by atoms with van der Waals surface area (Å²) in [5.41, 5.74) is 0.987. The number of rotatable bonds is 4. The Labute approximate surface area is 161 Å². The van der Waals surface area contributed by atoms with Crippen molar-refractivity contribution < 1.29 is 9.53 Å². The Balaban J connectivity index is 1.36. The molecule has 0 bridgehead atoms. The van der Waals surface area contributed by atoms with Crippen LogP contribution in [0.3, 0.4) is 0 Å². The SMILES string of the molecule is Cc1cc(N2CCN(C(=O)CC3CCCC3)CC2)nc(N2CCOCC2)n1. The maximum Gasteiger partial charge on any atom is 0.227 e. The lowest BCUT2D eigenvalue weighted by Gasteiger charge is -2.36. The molecule has 1 amide bonds. The lowest BCUT2D eigenvalue weighted by Crippen LogP contribution is -2.49. The first kappa shape index (κ1) is 18.5. The molecule has 0 aromatic carbocycles. The van der Waals surface area contributed by atoms with Gasteiger partial charge in [0.15, 0.2) is 0 Å². The average molecular weight is 374 g/mol. The molecule has 7 nitrogen and oxygen atoms in total. The summed E-state index contributed by atoms with van der Waals surface area (Å²) in [4.78, 5) is 28.5. The van der Waals surface area contributed by atoms with Gasteiger partial charge >= 0.3 is 0 Å². The molecule has 1 aromatic rings. The molecule has 3 fully saturated rings. The van der Waals surface area contributed by atoms with E-state index in [1.807, 2.05) is 11.8 Å². The number of morpholine rings is 1. The highest BCUT2D eigenvalue weighted by Crippen LogP contribution is 2.28. The summed E-state index contributed by atoms with van der Waals surface area (Å²) < 4.78 is 5.43. The number of hydrogen-bond acceptors (Lipinski definition) is 6. The zero-order valence-electron chi connectivity index (χ0n) is 16.4. The Kier molecular flexibility index (Phi) is 5.76. The normalized spacial score (nSPS) is 21.7. The Morgan fingerprint density at radius 1 is 1.04 bits per heavy atom. The van der Waals surface area contributed by atoms with Crippen molar-refractivity contribution >= 4 is 17.7 Å². The van der Waals surface area contributed by atoms with Crippen LogP contribution >= 0.6 is 0 Å². The lowest BCUT2D eigenvalue weighted by molar-refractivity contribution is -0.132. The predicted octanol–water partition coefficient (Wildman–Crippen LogP) is 1.85. The van der Waals surface area contributed by atoms with Crippen LogP contribution in [-0.2, 0) is 9.53 Å². The highest BCUT2D eigenvalue weighted by Gasteiger charge is 2.26. The number of anilines is 2. The Bertz CT molecular complexity index is 648. The van der Waals surface area contributed by atoms with Crippen LogP contribution < -0.4 is 9.80 Å². The largest absolute Gasteiger partial charge is 0.378 e. The van der Waals surface area contributed by atoms with E-state index in [0.717, 1.165) is 76.4 Å². The number of carbonyl (C=O) groups excluding carboxylic acids is 1. The van der Waals surface area contributed by atoms with Gasteiger partial charge in [-0.25, -0.2) is 4.98 Å². The molecule has 3 heterocycles. The summed E-state index contributed by atoms with van der Waals surface area (Å²) in [6, 6.07) is 2.06. The van der Waals surface area contributed by atoms with Crippen molar-refractivity contribution in [1.82, 2.24) is 14.9 Å². The number of nitrogens with zero attached hydrogens (tertiary/aromatic N) is 5. The molecular weight excluding hydrogens is 342 g/mol. The number of hydrogen-bond donors (Lipinski definition) is 0. The van der Waals surface area contributed by atoms with Crippen LogP contribution in [-0.4, -0.2) is 73.3 Å². The first-order chi connectivity index (χ1) is 13.2. The molecule has 4 rings (SSSR count). The second-order valence-electron chi connectivity index (χ2n) is 7.99. The van der Waals surface area contributed by atoms with Gasteiger partial charge in [0.25, 0.3) is 0 Å². The predicted molar refractivity (Wildman–Crippen MR) is 105 cm³/mol. The molecular formula is C20H31N5O2. The maximum absolute atomic E-state index is 12.6. The highest BCUT2D eigenvalue weighted by molar-refractivity contribution is 5.76. The van der Waals surface area contributed by atoms with Gasteiger partial charge in [-0.1, -0.05) is 12.8 Å². The number of aromatic nitrogens is 2. The van der Waals surface area contributed by atoms with E-state index in [2.05, 4.69) is 20.9 Å². The van der Waals surface area contributed by atoms with Crippen molar-refractivity contribution in [1.29, 1.82) is 0 Å². The minimum atomic E-state index is 0.342. The van der Waals surface area contributed by atoms with Crippen LogP contribution in [0, 0.1) is 12.8 Å². The topological polar surface area (TPSA) is 61.8 Å². The third kappa shape index (κ3) is 4.51. The van der Waals surface area contributed by atoms with Gasteiger partial charge in [-0.3, -0.25) is 4.79 Å². The third-order valence-electron chi connectivity index (χ3n) is 6.02. The van der Waals surface area contributed by atoms with Crippen LogP contribution in [0.2, 0.25) is 0 Å². The van der Waals surface area contributed by atoms with E-state index in [1.54, 1.807) is 0 Å². The monoisotopic (exact) mass is 373 g/mol. The zero-order chi connectivity index (χ0) is 18.6.